The molecule has 2 saturated carbocycles. The van der Waals surface area contributed by atoms with Gasteiger partial charge in [0, 0.05) is 12.5 Å². The van der Waals surface area contributed by atoms with Gasteiger partial charge in [0.2, 0.25) is 5.28 Å². The fourth-order valence-electron chi connectivity index (χ4n) is 4.26. The van der Waals surface area contributed by atoms with Crippen LogP contribution < -0.4 is 5.32 Å². The van der Waals surface area contributed by atoms with Gasteiger partial charge in [-0.15, -0.1) is 0 Å². The maximum absolute atomic E-state index is 10.6. The van der Waals surface area contributed by atoms with E-state index < -0.39 is 23.7 Å². The van der Waals surface area contributed by atoms with Crippen LogP contribution in [0.4, 0.5) is 5.82 Å². The van der Waals surface area contributed by atoms with Crippen LogP contribution in [-0.4, -0.2) is 60.7 Å². The van der Waals surface area contributed by atoms with E-state index in [0.717, 1.165) is 6.42 Å². The summed E-state index contributed by atoms with van der Waals surface area (Å²) in [4.78, 5) is 12.7. The summed E-state index contributed by atoms with van der Waals surface area (Å²) >= 11 is 5.98. The quantitative estimate of drug-likeness (QED) is 0.590. The molecule has 2 aromatic heterocycles. The molecule has 8 nitrogen and oxygen atoms in total. The molecule has 23 heavy (non-hydrogen) atoms. The molecule has 4 N–H and O–H groups in total. The molecule has 5 atom stereocenters. The van der Waals surface area contributed by atoms with Crippen LogP contribution in [0, 0.1) is 11.3 Å². The van der Waals surface area contributed by atoms with Gasteiger partial charge in [-0.05, 0) is 30.4 Å². The number of nitrogens with one attached hydrogen (secondary N) is 1. The predicted octanol–water partition coefficient (Wildman–Crippen LogP) is 0.187. The summed E-state index contributed by atoms with van der Waals surface area (Å²) in [5.41, 5.74) is 0.425. The van der Waals surface area contributed by atoms with E-state index in [0.29, 0.717) is 23.4 Å². The van der Waals surface area contributed by atoms with Crippen LogP contribution in [-0.2, 0) is 0 Å². The van der Waals surface area contributed by atoms with E-state index in [-0.39, 0.29) is 17.8 Å². The Morgan fingerprint density at radius 1 is 1.43 bits per heavy atom. The van der Waals surface area contributed by atoms with Crippen LogP contribution in [0.25, 0.3) is 11.2 Å². The smallest absolute Gasteiger partial charge is 0.226 e. The number of rotatable bonds is 3. The van der Waals surface area contributed by atoms with E-state index in [4.69, 9.17) is 11.6 Å². The molecule has 2 fully saturated rings. The topological polar surface area (TPSA) is 116 Å². The van der Waals surface area contributed by atoms with Crippen molar-refractivity contribution in [1.29, 1.82) is 0 Å². The monoisotopic (exact) mass is 339 g/mol. The Balaban J connectivity index is 1.85. The first-order valence-electron chi connectivity index (χ1n) is 7.58. The average molecular weight is 340 g/mol. The molecule has 2 aliphatic rings. The summed E-state index contributed by atoms with van der Waals surface area (Å²) in [6, 6.07) is -0.397. The summed E-state index contributed by atoms with van der Waals surface area (Å²) in [6.45, 7) is -0.142. The standard InChI is InChI=1S/C14H18ClN5O3/c1-16-11-7-12(19-13(15)18-11)20(5-17-7)8-6-2-3-14(6,4-21)10(23)9(8)22/h5-6,8-10,21-23H,2-4H2,1H3,(H,16,18,19)/t6-,8-,9+,10+,14+/m1/s1. The van der Waals surface area contributed by atoms with Gasteiger partial charge >= 0.3 is 0 Å². The Kier molecular flexibility index (Phi) is 3.28. The van der Waals surface area contributed by atoms with Crippen molar-refractivity contribution in [3.8, 4) is 0 Å². The minimum atomic E-state index is -0.987. The first-order chi connectivity index (χ1) is 11.0. The third-order valence-corrected chi connectivity index (χ3v) is 5.75. The minimum Gasteiger partial charge on any atom is -0.396 e. The lowest BCUT2D eigenvalue weighted by atomic mass is 9.60. The zero-order valence-corrected chi connectivity index (χ0v) is 13.3. The van der Waals surface area contributed by atoms with E-state index in [1.54, 1.807) is 17.9 Å². The second-order valence-corrected chi connectivity index (χ2v) is 6.72. The van der Waals surface area contributed by atoms with Crippen molar-refractivity contribution in [2.45, 2.75) is 31.1 Å². The van der Waals surface area contributed by atoms with E-state index in [1.165, 1.54) is 0 Å². The summed E-state index contributed by atoms with van der Waals surface area (Å²) in [6.07, 6.45) is 1.17. The molecule has 0 saturated heterocycles. The van der Waals surface area contributed by atoms with Crippen LogP contribution in [0.3, 0.4) is 0 Å². The number of hydrogen-bond acceptors (Lipinski definition) is 7. The SMILES string of the molecule is CNc1nc(Cl)nc2c1ncn2[C@H]1[C@H](O)[C@H](O)[C@]2(CO)CC[C@H]12. The highest BCUT2D eigenvalue weighted by atomic mass is 35.5. The normalized spacial score (nSPS) is 36.0. The van der Waals surface area contributed by atoms with Crippen LogP contribution in [0.5, 0.6) is 0 Å². The highest BCUT2D eigenvalue weighted by molar-refractivity contribution is 6.28. The lowest BCUT2D eigenvalue weighted by Crippen LogP contribution is -2.48. The molecule has 0 aromatic carbocycles. The lowest BCUT2D eigenvalue weighted by Gasteiger charge is -2.46. The van der Waals surface area contributed by atoms with Crippen LogP contribution in [0.15, 0.2) is 6.33 Å². The molecule has 9 heteroatoms. The molecule has 0 radical (unpaired) electrons. The van der Waals surface area contributed by atoms with Gasteiger partial charge in [0.25, 0.3) is 0 Å². The molecular weight excluding hydrogens is 322 g/mol. The Morgan fingerprint density at radius 2 is 2.22 bits per heavy atom. The average Bonchev–Trinajstić information content (AvgIpc) is 2.98. The summed E-state index contributed by atoms with van der Waals surface area (Å²) in [7, 11) is 1.72. The van der Waals surface area contributed by atoms with Crippen molar-refractivity contribution < 1.29 is 15.3 Å². The Bertz CT molecular complexity index is 764. The molecule has 2 heterocycles. The van der Waals surface area contributed by atoms with Crippen molar-refractivity contribution in [2.24, 2.45) is 11.3 Å². The van der Waals surface area contributed by atoms with E-state index in [1.807, 2.05) is 0 Å². The summed E-state index contributed by atoms with van der Waals surface area (Å²) < 4.78 is 1.75. The van der Waals surface area contributed by atoms with Gasteiger partial charge in [-0.25, -0.2) is 4.98 Å². The number of anilines is 1. The number of imidazole rings is 1. The van der Waals surface area contributed by atoms with Gasteiger partial charge in [0.1, 0.15) is 6.10 Å². The van der Waals surface area contributed by atoms with Gasteiger partial charge in [-0.2, -0.15) is 9.97 Å². The van der Waals surface area contributed by atoms with Crippen molar-refractivity contribution in [3.63, 3.8) is 0 Å². The highest BCUT2D eigenvalue weighted by Gasteiger charge is 2.64. The number of fused-ring (bicyclic) bond motifs is 2. The summed E-state index contributed by atoms with van der Waals surface area (Å²) in [5.74, 6) is 0.482. The number of aliphatic hydroxyl groups is 3. The molecule has 0 bridgehead atoms. The van der Waals surface area contributed by atoms with Gasteiger partial charge in [0.05, 0.1) is 25.1 Å². The Hall–Kier alpha value is -1.48. The number of aromatic nitrogens is 4. The van der Waals surface area contributed by atoms with Crippen LogP contribution >= 0.6 is 11.6 Å². The third kappa shape index (κ3) is 1.80. The molecule has 0 amide bonds. The summed E-state index contributed by atoms with van der Waals surface area (Å²) in [5, 5.41) is 33.7. The number of aliphatic hydroxyl groups excluding tert-OH is 3. The second kappa shape index (κ2) is 5.01. The molecule has 0 unspecified atom stereocenters. The van der Waals surface area contributed by atoms with E-state index in [2.05, 4.69) is 20.3 Å². The maximum Gasteiger partial charge on any atom is 0.226 e. The lowest BCUT2D eigenvalue weighted by molar-refractivity contribution is -0.0989. The number of hydrogen-bond donors (Lipinski definition) is 4. The fraction of sp³-hybridized carbons (Fsp3) is 0.643. The Morgan fingerprint density at radius 3 is 2.78 bits per heavy atom. The molecule has 2 aliphatic carbocycles. The number of halogens is 1. The first-order valence-corrected chi connectivity index (χ1v) is 7.96. The zero-order valence-electron chi connectivity index (χ0n) is 12.5. The second-order valence-electron chi connectivity index (χ2n) is 6.38. The number of nitrogens with zero attached hydrogens (tertiary/aromatic N) is 4. The molecular formula is C14H18ClN5O3. The van der Waals surface area contributed by atoms with Crippen LogP contribution in [0.1, 0.15) is 18.9 Å². The molecule has 0 spiro atoms. The van der Waals surface area contributed by atoms with Crippen molar-refractivity contribution >= 4 is 28.6 Å². The molecule has 0 aliphatic heterocycles. The molecule has 124 valence electrons. The first kappa shape index (κ1) is 15.1. The van der Waals surface area contributed by atoms with Gasteiger partial charge in [-0.3, -0.25) is 0 Å². The van der Waals surface area contributed by atoms with Gasteiger partial charge in [-0.1, -0.05) is 0 Å². The zero-order chi connectivity index (χ0) is 16.4. The van der Waals surface area contributed by atoms with Crippen molar-refractivity contribution in [3.05, 3.63) is 11.6 Å². The van der Waals surface area contributed by atoms with Gasteiger partial charge in [0.15, 0.2) is 17.0 Å². The minimum absolute atomic E-state index is 0.0262. The molecule has 2 aromatic rings. The van der Waals surface area contributed by atoms with Crippen LogP contribution in [0.2, 0.25) is 5.28 Å². The Labute approximate surface area is 137 Å². The van der Waals surface area contributed by atoms with Crippen molar-refractivity contribution in [1.82, 2.24) is 19.5 Å². The van der Waals surface area contributed by atoms with Gasteiger partial charge < -0.3 is 25.2 Å². The molecule has 4 rings (SSSR count). The van der Waals surface area contributed by atoms with Crippen molar-refractivity contribution in [2.75, 3.05) is 19.0 Å². The fourth-order valence-corrected chi connectivity index (χ4v) is 4.42. The van der Waals surface area contributed by atoms with E-state index in [9.17, 15) is 15.3 Å². The maximum atomic E-state index is 10.6. The largest absolute Gasteiger partial charge is 0.396 e. The highest BCUT2D eigenvalue weighted by Crippen LogP contribution is 2.61. The third-order valence-electron chi connectivity index (χ3n) is 5.58. The predicted molar refractivity (Wildman–Crippen MR) is 83.2 cm³/mol. The van der Waals surface area contributed by atoms with E-state index >= 15 is 0 Å².